The fourth-order valence-corrected chi connectivity index (χ4v) is 4.15. The Labute approximate surface area is 111 Å². The molecular weight excluding hydrogens is 302 g/mol. The first-order valence-electron chi connectivity index (χ1n) is 5.77. The van der Waals surface area contributed by atoms with Crippen molar-refractivity contribution in [3.63, 3.8) is 0 Å². The second-order valence-corrected chi connectivity index (χ2v) is 7.14. The fourth-order valence-electron chi connectivity index (χ4n) is 2.04. The van der Waals surface area contributed by atoms with Gasteiger partial charge in [0.2, 0.25) is 0 Å². The van der Waals surface area contributed by atoms with Gasteiger partial charge in [0.05, 0.1) is 4.90 Å². The molecule has 17 heavy (non-hydrogen) atoms. The number of halogens is 1. The van der Waals surface area contributed by atoms with E-state index < -0.39 is 15.2 Å². The number of sulfone groups is 1. The highest BCUT2D eigenvalue weighted by Crippen LogP contribution is 2.21. The van der Waals surface area contributed by atoms with E-state index in [2.05, 4.69) is 21.2 Å². The van der Waals surface area contributed by atoms with Crippen molar-refractivity contribution in [3.05, 3.63) is 29.8 Å². The standard InChI is InChI=1S/C12H16BrNO2S/c13-8-7-10-3-5-11(6-4-10)17(15,16)12-2-1-9-14-12/h3-6,12,14H,1-2,7-9H2. The molecule has 1 saturated heterocycles. The van der Waals surface area contributed by atoms with Gasteiger partial charge in [-0.3, -0.25) is 0 Å². The molecule has 1 atom stereocenters. The van der Waals surface area contributed by atoms with Crippen LogP contribution in [0.25, 0.3) is 0 Å². The quantitative estimate of drug-likeness (QED) is 0.865. The fraction of sp³-hybridized carbons (Fsp3) is 0.500. The third kappa shape index (κ3) is 2.89. The number of nitrogens with one attached hydrogen (secondary N) is 1. The van der Waals surface area contributed by atoms with Gasteiger partial charge in [0.15, 0.2) is 9.84 Å². The van der Waals surface area contributed by atoms with Crippen molar-refractivity contribution < 1.29 is 8.42 Å². The van der Waals surface area contributed by atoms with Crippen LogP contribution in [0.2, 0.25) is 0 Å². The normalized spacial score (nSPS) is 20.6. The highest BCUT2D eigenvalue weighted by Gasteiger charge is 2.29. The van der Waals surface area contributed by atoms with Gasteiger partial charge in [-0.1, -0.05) is 28.1 Å². The van der Waals surface area contributed by atoms with Crippen LogP contribution in [0.15, 0.2) is 29.2 Å². The third-order valence-electron chi connectivity index (χ3n) is 3.02. The van der Waals surface area contributed by atoms with Crippen molar-refractivity contribution in [2.24, 2.45) is 0 Å². The lowest BCUT2D eigenvalue weighted by Gasteiger charge is -2.12. The Hall–Kier alpha value is -0.390. The first-order valence-corrected chi connectivity index (χ1v) is 8.43. The van der Waals surface area contributed by atoms with Crippen LogP contribution in [0.5, 0.6) is 0 Å². The zero-order valence-electron chi connectivity index (χ0n) is 9.52. The smallest absolute Gasteiger partial charge is 0.194 e. The molecule has 1 aliphatic heterocycles. The molecule has 1 N–H and O–H groups in total. The molecule has 1 aromatic rings. The topological polar surface area (TPSA) is 46.2 Å². The van der Waals surface area contributed by atoms with Crippen molar-refractivity contribution in [1.82, 2.24) is 5.32 Å². The first kappa shape index (κ1) is 13.1. The molecule has 0 aliphatic carbocycles. The molecule has 0 amide bonds. The molecule has 1 aromatic carbocycles. The summed E-state index contributed by atoms with van der Waals surface area (Å²) in [6, 6.07) is 7.22. The molecule has 0 radical (unpaired) electrons. The summed E-state index contributed by atoms with van der Waals surface area (Å²) in [5, 5.41) is 3.53. The van der Waals surface area contributed by atoms with E-state index in [9.17, 15) is 8.42 Å². The van der Waals surface area contributed by atoms with Crippen molar-refractivity contribution in [1.29, 1.82) is 0 Å². The molecule has 1 heterocycles. The van der Waals surface area contributed by atoms with E-state index in [1.54, 1.807) is 12.1 Å². The first-order chi connectivity index (χ1) is 8.14. The van der Waals surface area contributed by atoms with Gasteiger partial charge in [-0.25, -0.2) is 8.42 Å². The van der Waals surface area contributed by atoms with Crippen molar-refractivity contribution in [2.45, 2.75) is 29.5 Å². The van der Waals surface area contributed by atoms with Crippen LogP contribution in [0.1, 0.15) is 18.4 Å². The van der Waals surface area contributed by atoms with Crippen LogP contribution in [0, 0.1) is 0 Å². The predicted molar refractivity (Wildman–Crippen MR) is 72.2 cm³/mol. The van der Waals surface area contributed by atoms with E-state index >= 15 is 0 Å². The molecule has 0 bridgehead atoms. The van der Waals surface area contributed by atoms with Crippen LogP contribution in [-0.4, -0.2) is 25.7 Å². The average molecular weight is 318 g/mol. The minimum Gasteiger partial charge on any atom is -0.301 e. The van der Waals surface area contributed by atoms with E-state index in [1.165, 1.54) is 0 Å². The lowest BCUT2D eigenvalue weighted by molar-refractivity contribution is 0.571. The zero-order valence-corrected chi connectivity index (χ0v) is 11.9. The molecule has 0 spiro atoms. The van der Waals surface area contributed by atoms with E-state index in [0.717, 1.165) is 30.3 Å². The summed E-state index contributed by atoms with van der Waals surface area (Å²) in [5.74, 6) is 0. The van der Waals surface area contributed by atoms with Crippen molar-refractivity contribution in [2.75, 3.05) is 11.9 Å². The van der Waals surface area contributed by atoms with E-state index in [4.69, 9.17) is 0 Å². The predicted octanol–water partition coefficient (Wildman–Crippen LogP) is 2.11. The molecule has 1 unspecified atom stereocenters. The molecule has 1 fully saturated rings. The number of hydrogen-bond acceptors (Lipinski definition) is 3. The van der Waals surface area contributed by atoms with Gasteiger partial charge in [0, 0.05) is 5.33 Å². The Bertz CT molecular complexity index is 464. The number of aryl methyl sites for hydroxylation is 1. The number of alkyl halides is 1. The van der Waals surface area contributed by atoms with Crippen LogP contribution >= 0.6 is 15.9 Å². The van der Waals surface area contributed by atoms with Crippen LogP contribution < -0.4 is 5.32 Å². The minimum atomic E-state index is -3.19. The molecule has 1 aliphatic rings. The molecule has 0 aromatic heterocycles. The summed E-state index contributed by atoms with van der Waals surface area (Å²) in [6.45, 7) is 0.797. The highest BCUT2D eigenvalue weighted by molar-refractivity contribution is 9.09. The number of hydrogen-bond donors (Lipinski definition) is 1. The lowest BCUT2D eigenvalue weighted by Crippen LogP contribution is -2.30. The van der Waals surface area contributed by atoms with Crippen LogP contribution in [-0.2, 0) is 16.3 Å². The number of benzene rings is 1. The molecule has 2 rings (SSSR count). The van der Waals surface area contributed by atoms with E-state index in [1.807, 2.05) is 12.1 Å². The van der Waals surface area contributed by atoms with Gasteiger partial charge >= 0.3 is 0 Å². The van der Waals surface area contributed by atoms with E-state index in [-0.39, 0.29) is 0 Å². The summed E-state index contributed by atoms with van der Waals surface area (Å²) in [7, 11) is -3.19. The summed E-state index contributed by atoms with van der Waals surface area (Å²) < 4.78 is 24.5. The van der Waals surface area contributed by atoms with E-state index in [0.29, 0.717) is 11.3 Å². The summed E-state index contributed by atoms with van der Waals surface area (Å²) in [4.78, 5) is 0.426. The largest absolute Gasteiger partial charge is 0.301 e. The molecule has 0 saturated carbocycles. The highest BCUT2D eigenvalue weighted by atomic mass is 79.9. The maximum Gasteiger partial charge on any atom is 0.194 e. The molecule has 3 nitrogen and oxygen atoms in total. The van der Waals surface area contributed by atoms with Gasteiger partial charge in [0.1, 0.15) is 5.37 Å². The Morgan fingerprint density at radius 2 is 2.00 bits per heavy atom. The van der Waals surface area contributed by atoms with Gasteiger partial charge in [-0.2, -0.15) is 0 Å². The van der Waals surface area contributed by atoms with Crippen molar-refractivity contribution >= 4 is 25.8 Å². The lowest BCUT2D eigenvalue weighted by atomic mass is 10.2. The van der Waals surface area contributed by atoms with Gasteiger partial charge < -0.3 is 5.32 Å². The third-order valence-corrected chi connectivity index (χ3v) is 5.50. The van der Waals surface area contributed by atoms with Gasteiger partial charge in [0.25, 0.3) is 0 Å². The second kappa shape index (κ2) is 5.50. The summed E-state index contributed by atoms with van der Waals surface area (Å²) in [6.07, 6.45) is 2.57. The zero-order chi connectivity index (χ0) is 12.3. The maximum atomic E-state index is 12.2. The monoisotopic (exact) mass is 317 g/mol. The summed E-state index contributed by atoms with van der Waals surface area (Å²) in [5.41, 5.74) is 1.15. The SMILES string of the molecule is O=S(=O)(c1ccc(CCBr)cc1)C1CCCN1. The average Bonchev–Trinajstić information content (AvgIpc) is 2.84. The van der Waals surface area contributed by atoms with Crippen LogP contribution in [0.4, 0.5) is 0 Å². The number of rotatable bonds is 4. The van der Waals surface area contributed by atoms with Crippen LogP contribution in [0.3, 0.4) is 0 Å². The van der Waals surface area contributed by atoms with Gasteiger partial charge in [-0.05, 0) is 43.5 Å². The Kier molecular flexibility index (Phi) is 4.22. The maximum absolute atomic E-state index is 12.2. The molecule has 94 valence electrons. The molecular formula is C12H16BrNO2S. The van der Waals surface area contributed by atoms with Crippen molar-refractivity contribution in [3.8, 4) is 0 Å². The minimum absolute atomic E-state index is 0.399. The summed E-state index contributed by atoms with van der Waals surface area (Å²) >= 11 is 3.37. The Balaban J connectivity index is 2.21. The molecule has 5 heteroatoms. The Morgan fingerprint density at radius 1 is 1.29 bits per heavy atom. The Morgan fingerprint density at radius 3 is 2.53 bits per heavy atom. The van der Waals surface area contributed by atoms with Gasteiger partial charge in [-0.15, -0.1) is 0 Å². The second-order valence-electron chi connectivity index (χ2n) is 4.21.